The van der Waals surface area contributed by atoms with Gasteiger partial charge in [-0.05, 0) is 54.7 Å². The van der Waals surface area contributed by atoms with Gasteiger partial charge in [0.25, 0.3) is 0 Å². The minimum Gasteiger partial charge on any atom is -0.502 e. The molecule has 7 nitrogen and oxygen atoms in total. The molecule has 0 amide bonds. The van der Waals surface area contributed by atoms with Crippen LogP contribution in [0, 0.1) is 5.92 Å². The lowest BCUT2D eigenvalue weighted by molar-refractivity contribution is 0.00659. The lowest BCUT2D eigenvalue weighted by Crippen LogP contribution is -2.36. The van der Waals surface area contributed by atoms with Gasteiger partial charge in [-0.15, -0.1) is 0 Å². The summed E-state index contributed by atoms with van der Waals surface area (Å²) >= 11 is 0. The third-order valence-corrected chi connectivity index (χ3v) is 5.43. The smallest absolute Gasteiger partial charge is 0.203 e. The Labute approximate surface area is 178 Å². The van der Waals surface area contributed by atoms with Crippen molar-refractivity contribution in [3.05, 3.63) is 35.4 Å². The van der Waals surface area contributed by atoms with Crippen LogP contribution in [-0.4, -0.2) is 51.4 Å². The van der Waals surface area contributed by atoms with Crippen LogP contribution in [0.3, 0.4) is 0 Å². The van der Waals surface area contributed by atoms with Gasteiger partial charge < -0.3 is 33.9 Å². The van der Waals surface area contributed by atoms with E-state index in [1.165, 1.54) is 14.2 Å². The number of hydrogen-bond acceptors (Lipinski definition) is 7. The summed E-state index contributed by atoms with van der Waals surface area (Å²) in [5, 5.41) is 21.3. The predicted octanol–water partition coefficient (Wildman–Crippen LogP) is 3.61. The molecule has 2 aromatic carbocycles. The molecule has 0 saturated heterocycles. The number of methoxy groups -OCH3 is 5. The SMILES string of the molecule is COc1cc(C[C@H](C)[C@@](C)(O)Cc2cc(OC)c(OC)c(OC)c2)cc(OC)c1O. The maximum atomic E-state index is 11.2. The normalized spacial score (nSPS) is 13.9. The maximum Gasteiger partial charge on any atom is 0.203 e. The second-order valence-electron chi connectivity index (χ2n) is 7.52. The van der Waals surface area contributed by atoms with E-state index in [2.05, 4.69) is 0 Å². The fourth-order valence-corrected chi connectivity index (χ4v) is 3.46. The van der Waals surface area contributed by atoms with Crippen molar-refractivity contribution in [1.82, 2.24) is 0 Å². The van der Waals surface area contributed by atoms with Crippen LogP contribution in [0.4, 0.5) is 0 Å². The molecule has 0 fully saturated rings. The number of aromatic hydroxyl groups is 1. The van der Waals surface area contributed by atoms with E-state index in [4.69, 9.17) is 23.7 Å². The quantitative estimate of drug-likeness (QED) is 0.607. The third-order valence-electron chi connectivity index (χ3n) is 5.43. The van der Waals surface area contributed by atoms with Gasteiger partial charge in [0.2, 0.25) is 11.5 Å². The van der Waals surface area contributed by atoms with E-state index in [9.17, 15) is 10.2 Å². The first kappa shape index (κ1) is 23.5. The van der Waals surface area contributed by atoms with Crippen molar-refractivity contribution in [3.63, 3.8) is 0 Å². The largest absolute Gasteiger partial charge is 0.502 e. The Hall–Kier alpha value is -2.80. The van der Waals surface area contributed by atoms with Gasteiger partial charge in [0.1, 0.15) is 0 Å². The van der Waals surface area contributed by atoms with Gasteiger partial charge in [-0.2, -0.15) is 0 Å². The lowest BCUT2D eigenvalue weighted by atomic mass is 9.81. The van der Waals surface area contributed by atoms with Gasteiger partial charge in [-0.3, -0.25) is 0 Å². The van der Waals surface area contributed by atoms with Gasteiger partial charge in [0.05, 0.1) is 41.2 Å². The number of aliphatic hydroxyl groups is 1. The monoisotopic (exact) mass is 420 g/mol. The average Bonchev–Trinajstić information content (AvgIpc) is 2.73. The molecule has 30 heavy (non-hydrogen) atoms. The summed E-state index contributed by atoms with van der Waals surface area (Å²) in [5.74, 6) is 2.11. The molecule has 0 bridgehead atoms. The van der Waals surface area contributed by atoms with E-state index in [1.54, 1.807) is 40.4 Å². The first-order valence-corrected chi connectivity index (χ1v) is 9.65. The first-order chi connectivity index (χ1) is 14.2. The van der Waals surface area contributed by atoms with Crippen LogP contribution in [0.2, 0.25) is 0 Å². The zero-order chi connectivity index (χ0) is 22.5. The number of ether oxygens (including phenoxy) is 5. The number of rotatable bonds is 10. The Morgan fingerprint density at radius 3 is 1.60 bits per heavy atom. The Morgan fingerprint density at radius 2 is 1.20 bits per heavy atom. The summed E-state index contributed by atoms with van der Waals surface area (Å²) in [7, 11) is 7.66. The molecule has 0 aliphatic heterocycles. The van der Waals surface area contributed by atoms with E-state index >= 15 is 0 Å². The summed E-state index contributed by atoms with van der Waals surface area (Å²) in [6.07, 6.45) is 0.946. The van der Waals surface area contributed by atoms with Crippen molar-refractivity contribution in [1.29, 1.82) is 0 Å². The van der Waals surface area contributed by atoms with E-state index in [-0.39, 0.29) is 11.7 Å². The first-order valence-electron chi connectivity index (χ1n) is 9.65. The summed E-state index contributed by atoms with van der Waals surface area (Å²) < 4.78 is 26.7. The molecule has 0 saturated carbocycles. The molecule has 0 spiro atoms. The van der Waals surface area contributed by atoms with Gasteiger partial charge in [-0.1, -0.05) is 6.92 Å². The Balaban J connectivity index is 2.27. The molecule has 0 aromatic heterocycles. The molecule has 0 heterocycles. The minimum absolute atomic E-state index is 0.0411. The molecular weight excluding hydrogens is 388 g/mol. The van der Waals surface area contributed by atoms with Crippen LogP contribution in [0.25, 0.3) is 0 Å². The van der Waals surface area contributed by atoms with E-state index < -0.39 is 5.60 Å². The number of phenols is 1. The Kier molecular flexibility index (Phi) is 7.67. The molecule has 2 atom stereocenters. The zero-order valence-electron chi connectivity index (χ0n) is 18.7. The maximum absolute atomic E-state index is 11.2. The molecule has 2 aromatic rings. The van der Waals surface area contributed by atoms with Crippen molar-refractivity contribution in [2.24, 2.45) is 5.92 Å². The van der Waals surface area contributed by atoms with Crippen LogP contribution in [0.5, 0.6) is 34.5 Å². The lowest BCUT2D eigenvalue weighted by Gasteiger charge is -2.31. The third kappa shape index (κ3) is 5.02. The van der Waals surface area contributed by atoms with E-state index in [0.29, 0.717) is 41.6 Å². The number of hydrogen-bond donors (Lipinski definition) is 2. The van der Waals surface area contributed by atoms with Gasteiger partial charge >= 0.3 is 0 Å². The standard InChI is InChI=1S/C23H32O7/c1-14(8-15-9-17(26-3)21(24)18(10-15)27-4)23(2,25)13-16-11-19(28-5)22(30-7)20(12-16)29-6/h9-12,14,24-25H,8,13H2,1-7H3/t14-,23-/m0/s1. The summed E-state index contributed by atoms with van der Waals surface area (Å²) in [6, 6.07) is 7.19. The predicted molar refractivity (Wildman–Crippen MR) is 115 cm³/mol. The molecule has 2 N–H and O–H groups in total. The van der Waals surface area contributed by atoms with Crippen molar-refractivity contribution in [2.45, 2.75) is 32.3 Å². The molecule has 0 aliphatic rings. The number of phenolic OH excluding ortho intramolecular Hbond substituents is 1. The highest BCUT2D eigenvalue weighted by molar-refractivity contribution is 5.54. The van der Waals surface area contributed by atoms with Crippen molar-refractivity contribution < 1.29 is 33.9 Å². The molecule has 2 rings (SSSR count). The average molecular weight is 421 g/mol. The van der Waals surface area contributed by atoms with Crippen molar-refractivity contribution >= 4 is 0 Å². The fourth-order valence-electron chi connectivity index (χ4n) is 3.46. The van der Waals surface area contributed by atoms with E-state index in [1.807, 2.05) is 19.1 Å². The van der Waals surface area contributed by atoms with Crippen LogP contribution in [0.15, 0.2) is 24.3 Å². The highest BCUT2D eigenvalue weighted by atomic mass is 16.5. The molecule has 0 aliphatic carbocycles. The summed E-state index contributed by atoms with van der Waals surface area (Å²) in [4.78, 5) is 0. The van der Waals surface area contributed by atoms with Crippen molar-refractivity contribution in [2.75, 3.05) is 35.5 Å². The van der Waals surface area contributed by atoms with Crippen LogP contribution in [0.1, 0.15) is 25.0 Å². The second-order valence-corrected chi connectivity index (χ2v) is 7.52. The summed E-state index contributed by atoms with van der Waals surface area (Å²) in [6.45, 7) is 3.78. The minimum atomic E-state index is -1.02. The molecular formula is C23H32O7. The molecule has 7 heteroatoms. The van der Waals surface area contributed by atoms with Gasteiger partial charge in [0.15, 0.2) is 23.0 Å². The molecule has 0 radical (unpaired) electrons. The van der Waals surface area contributed by atoms with Crippen LogP contribution < -0.4 is 23.7 Å². The van der Waals surface area contributed by atoms with Gasteiger partial charge in [-0.25, -0.2) is 0 Å². The topological polar surface area (TPSA) is 86.6 Å². The van der Waals surface area contributed by atoms with Gasteiger partial charge in [0, 0.05) is 6.42 Å². The number of benzene rings is 2. The van der Waals surface area contributed by atoms with E-state index in [0.717, 1.165) is 11.1 Å². The fraction of sp³-hybridized carbons (Fsp3) is 0.478. The van der Waals surface area contributed by atoms with Crippen LogP contribution in [-0.2, 0) is 12.8 Å². The Morgan fingerprint density at radius 1 is 0.767 bits per heavy atom. The van der Waals surface area contributed by atoms with Crippen LogP contribution >= 0.6 is 0 Å². The molecule has 0 unspecified atom stereocenters. The summed E-state index contributed by atoms with van der Waals surface area (Å²) in [5.41, 5.74) is 0.726. The Bertz CT molecular complexity index is 811. The second kappa shape index (κ2) is 9.80. The highest BCUT2D eigenvalue weighted by Gasteiger charge is 2.30. The van der Waals surface area contributed by atoms with Crippen molar-refractivity contribution in [3.8, 4) is 34.5 Å². The molecule has 166 valence electrons. The zero-order valence-corrected chi connectivity index (χ0v) is 18.7. The highest BCUT2D eigenvalue weighted by Crippen LogP contribution is 2.41.